The van der Waals surface area contributed by atoms with Gasteiger partial charge in [-0.3, -0.25) is 14.4 Å². The molecule has 0 saturated carbocycles. The minimum Gasteiger partial charge on any atom is -0.497 e. The van der Waals surface area contributed by atoms with Crippen molar-refractivity contribution in [2.45, 2.75) is 0 Å². The van der Waals surface area contributed by atoms with Crippen LogP contribution >= 0.6 is 11.6 Å². The summed E-state index contributed by atoms with van der Waals surface area (Å²) < 4.78 is 5.23. The van der Waals surface area contributed by atoms with E-state index in [1.54, 1.807) is 54.4 Å². The Bertz CT molecular complexity index is 1230. The van der Waals surface area contributed by atoms with E-state index < -0.39 is 11.8 Å². The molecule has 3 aromatic rings. The van der Waals surface area contributed by atoms with E-state index >= 15 is 0 Å². The van der Waals surface area contributed by atoms with Gasteiger partial charge in [0, 0.05) is 29.5 Å². The molecule has 0 bridgehead atoms. The van der Waals surface area contributed by atoms with Crippen LogP contribution in [0.4, 0.5) is 17.2 Å². The third-order valence-corrected chi connectivity index (χ3v) is 5.26. The molecule has 0 aliphatic heterocycles. The number of hydrogen-bond donors (Lipinski definition) is 2. The molecule has 0 aliphatic rings. The Morgan fingerprint density at radius 3 is 2.29 bits per heavy atom. The number of halogens is 1. The van der Waals surface area contributed by atoms with Crippen molar-refractivity contribution in [3.63, 3.8) is 0 Å². The molecule has 0 spiro atoms. The molecular formula is C25H26ClN5O4. The summed E-state index contributed by atoms with van der Waals surface area (Å²) in [4.78, 5) is 45.5. The van der Waals surface area contributed by atoms with Crippen LogP contribution in [0.15, 0.2) is 60.8 Å². The first kappa shape index (κ1) is 25.7. The summed E-state index contributed by atoms with van der Waals surface area (Å²) in [5.74, 6) is -0.271. The van der Waals surface area contributed by atoms with E-state index in [0.29, 0.717) is 22.0 Å². The maximum absolute atomic E-state index is 13.0. The van der Waals surface area contributed by atoms with Crippen LogP contribution in [-0.2, 0) is 4.79 Å². The lowest BCUT2D eigenvalue weighted by atomic mass is 10.1. The Balaban J connectivity index is 1.78. The van der Waals surface area contributed by atoms with Crippen molar-refractivity contribution in [1.29, 1.82) is 0 Å². The van der Waals surface area contributed by atoms with E-state index in [9.17, 15) is 14.4 Å². The molecule has 9 nitrogen and oxygen atoms in total. The summed E-state index contributed by atoms with van der Waals surface area (Å²) in [5, 5.41) is 5.85. The number of anilines is 3. The number of benzene rings is 2. The lowest BCUT2D eigenvalue weighted by Crippen LogP contribution is -2.35. The fourth-order valence-electron chi connectivity index (χ4n) is 3.16. The van der Waals surface area contributed by atoms with Gasteiger partial charge in [0.05, 0.1) is 24.9 Å². The number of nitrogens with one attached hydrogen (secondary N) is 2. The Kier molecular flexibility index (Phi) is 8.40. The highest BCUT2D eigenvalue weighted by atomic mass is 35.5. The quantitative estimate of drug-likeness (QED) is 0.493. The van der Waals surface area contributed by atoms with Crippen LogP contribution in [0.1, 0.15) is 20.7 Å². The predicted octanol–water partition coefficient (Wildman–Crippen LogP) is 3.77. The van der Waals surface area contributed by atoms with Crippen molar-refractivity contribution in [3.05, 3.63) is 76.9 Å². The van der Waals surface area contributed by atoms with Gasteiger partial charge in [-0.25, -0.2) is 4.98 Å². The van der Waals surface area contributed by atoms with Crippen LogP contribution in [0, 0.1) is 0 Å². The fourth-order valence-corrected chi connectivity index (χ4v) is 3.32. The zero-order valence-corrected chi connectivity index (χ0v) is 20.6. The first-order valence-corrected chi connectivity index (χ1v) is 11.0. The molecule has 0 radical (unpaired) electrons. The molecule has 0 aliphatic carbocycles. The number of rotatable bonds is 8. The number of methoxy groups -OCH3 is 1. The van der Waals surface area contributed by atoms with Crippen molar-refractivity contribution in [2.24, 2.45) is 0 Å². The average molecular weight is 496 g/mol. The Hall–Kier alpha value is -3.95. The topological polar surface area (TPSA) is 104 Å². The van der Waals surface area contributed by atoms with E-state index in [1.165, 1.54) is 30.3 Å². The number of carbonyl (C=O) groups is 3. The van der Waals surface area contributed by atoms with Gasteiger partial charge >= 0.3 is 0 Å². The summed E-state index contributed by atoms with van der Waals surface area (Å²) in [5.41, 5.74) is 1.50. The normalized spacial score (nSPS) is 10.6. The van der Waals surface area contributed by atoms with Crippen LogP contribution in [0.5, 0.6) is 5.75 Å². The highest BCUT2D eigenvalue weighted by Crippen LogP contribution is 2.25. The van der Waals surface area contributed by atoms with Crippen LogP contribution in [0.2, 0.25) is 5.02 Å². The van der Waals surface area contributed by atoms with Gasteiger partial charge in [-0.2, -0.15) is 0 Å². The Labute approximate surface area is 208 Å². The van der Waals surface area contributed by atoms with Gasteiger partial charge in [-0.1, -0.05) is 11.6 Å². The Morgan fingerprint density at radius 2 is 1.66 bits per heavy atom. The van der Waals surface area contributed by atoms with Gasteiger partial charge in [0.25, 0.3) is 11.8 Å². The molecule has 35 heavy (non-hydrogen) atoms. The third kappa shape index (κ3) is 6.78. The second kappa shape index (κ2) is 11.5. The van der Waals surface area contributed by atoms with Gasteiger partial charge in [-0.15, -0.1) is 0 Å². The molecule has 182 valence electrons. The third-order valence-electron chi connectivity index (χ3n) is 5.03. The number of hydrogen-bond acceptors (Lipinski definition) is 6. The Morgan fingerprint density at radius 1 is 0.943 bits per heavy atom. The lowest BCUT2D eigenvalue weighted by Gasteiger charge is -2.20. The van der Waals surface area contributed by atoms with Gasteiger partial charge in [0.1, 0.15) is 11.6 Å². The molecule has 0 saturated heterocycles. The summed E-state index contributed by atoms with van der Waals surface area (Å²) >= 11 is 5.97. The number of aromatic nitrogens is 1. The second-order valence-corrected chi connectivity index (χ2v) is 8.35. The van der Waals surface area contributed by atoms with Crippen LogP contribution < -0.4 is 20.3 Å². The fraction of sp³-hybridized carbons (Fsp3) is 0.200. The molecule has 3 amide bonds. The summed E-state index contributed by atoms with van der Waals surface area (Å²) in [6.45, 7) is 0.270. The molecule has 1 heterocycles. The van der Waals surface area contributed by atoms with Crippen molar-refractivity contribution >= 4 is 46.5 Å². The van der Waals surface area contributed by atoms with Crippen LogP contribution in [0.25, 0.3) is 0 Å². The van der Waals surface area contributed by atoms with Gasteiger partial charge in [0.15, 0.2) is 0 Å². The zero-order valence-electron chi connectivity index (χ0n) is 19.8. The smallest absolute Gasteiger partial charge is 0.259 e. The first-order valence-electron chi connectivity index (χ1n) is 10.6. The summed E-state index contributed by atoms with van der Waals surface area (Å²) in [7, 11) is 6.80. The molecule has 0 atom stereocenters. The summed E-state index contributed by atoms with van der Waals surface area (Å²) in [6.07, 6.45) is 1.47. The largest absolute Gasteiger partial charge is 0.497 e. The zero-order chi connectivity index (χ0) is 25.5. The first-order chi connectivity index (χ1) is 16.7. The molecule has 0 unspecified atom stereocenters. The van der Waals surface area contributed by atoms with E-state index in [0.717, 1.165) is 0 Å². The van der Waals surface area contributed by atoms with E-state index in [-0.39, 0.29) is 29.5 Å². The number of ether oxygens (including phenoxy) is 1. The number of likely N-dealkylation sites (N-methyl/N-ethyl adjacent to an activating group) is 2. The van der Waals surface area contributed by atoms with Crippen LogP contribution in [0.3, 0.4) is 0 Å². The lowest BCUT2D eigenvalue weighted by molar-refractivity contribution is -0.118. The molecule has 2 aromatic carbocycles. The number of carbonyl (C=O) groups excluding carboxylic acids is 3. The van der Waals surface area contributed by atoms with E-state index in [1.807, 2.05) is 14.1 Å². The highest BCUT2D eigenvalue weighted by Gasteiger charge is 2.18. The highest BCUT2D eigenvalue weighted by molar-refractivity contribution is 6.30. The maximum Gasteiger partial charge on any atom is 0.259 e. The molecule has 10 heteroatoms. The number of amides is 3. The molecule has 1 aromatic heterocycles. The second-order valence-electron chi connectivity index (χ2n) is 7.92. The molecule has 2 N–H and O–H groups in total. The molecule has 3 rings (SSSR count). The standard InChI is InChI=1S/C25H26ClN5O4/c1-30(2)15-23(32)31(3)18-7-5-16(6-8-18)24(33)28-21-10-9-19(35-4)14-20(21)25(34)29-22-13-17(26)11-12-27-22/h5-14H,15H2,1-4H3,(H,28,33)(H,27,29,34). The number of nitrogens with zero attached hydrogens (tertiary/aromatic N) is 3. The molecule has 0 fully saturated rings. The van der Waals surface area contributed by atoms with Crippen molar-refractivity contribution in [3.8, 4) is 5.75 Å². The van der Waals surface area contributed by atoms with Crippen molar-refractivity contribution in [1.82, 2.24) is 9.88 Å². The SMILES string of the molecule is COc1ccc(NC(=O)c2ccc(N(C)C(=O)CN(C)C)cc2)c(C(=O)Nc2cc(Cl)ccn2)c1. The minimum absolute atomic E-state index is 0.0738. The van der Waals surface area contributed by atoms with Crippen molar-refractivity contribution < 1.29 is 19.1 Å². The van der Waals surface area contributed by atoms with Gasteiger partial charge < -0.3 is 25.2 Å². The minimum atomic E-state index is -0.495. The van der Waals surface area contributed by atoms with Crippen LogP contribution in [-0.4, -0.2) is 62.4 Å². The van der Waals surface area contributed by atoms with Crippen molar-refractivity contribution in [2.75, 3.05) is 50.3 Å². The number of pyridine rings is 1. The van der Waals surface area contributed by atoms with E-state index in [2.05, 4.69) is 15.6 Å². The average Bonchev–Trinajstić information content (AvgIpc) is 2.83. The predicted molar refractivity (Wildman–Crippen MR) is 137 cm³/mol. The van der Waals surface area contributed by atoms with Gasteiger partial charge in [0.2, 0.25) is 5.91 Å². The maximum atomic E-state index is 13.0. The summed E-state index contributed by atoms with van der Waals surface area (Å²) in [6, 6.07) is 14.5. The molecular weight excluding hydrogens is 470 g/mol. The van der Waals surface area contributed by atoms with E-state index in [4.69, 9.17) is 16.3 Å². The monoisotopic (exact) mass is 495 g/mol. The van der Waals surface area contributed by atoms with Gasteiger partial charge in [-0.05, 0) is 68.7 Å².